The van der Waals surface area contributed by atoms with Crippen LogP contribution in [-0.2, 0) is 19.1 Å². The molecule has 1 aromatic rings. The summed E-state index contributed by atoms with van der Waals surface area (Å²) in [7, 11) is -4.11. The molecule has 0 heterocycles. The van der Waals surface area contributed by atoms with Gasteiger partial charge in [0.15, 0.2) is 0 Å². The molecule has 0 aliphatic heterocycles. The van der Waals surface area contributed by atoms with Crippen molar-refractivity contribution < 1.29 is 17.4 Å². The summed E-state index contributed by atoms with van der Waals surface area (Å²) < 4.78 is 28.3. The minimum atomic E-state index is -4.11. The smallest absolute Gasteiger partial charge is 0.341 e. The second kappa shape index (κ2) is 7.37. The van der Waals surface area contributed by atoms with Crippen molar-refractivity contribution >= 4 is 16.1 Å². The molecule has 112 valence electrons. The number of nitrogens with two attached hydrogens (primary N) is 2. The maximum Gasteiger partial charge on any atom is 0.341 e. The highest BCUT2D eigenvalue weighted by Gasteiger charge is 2.24. The highest BCUT2D eigenvalue weighted by Crippen LogP contribution is 2.14. The first-order valence-electron chi connectivity index (χ1n) is 6.37. The van der Waals surface area contributed by atoms with E-state index in [0.29, 0.717) is 19.4 Å². The van der Waals surface area contributed by atoms with Crippen LogP contribution in [0.25, 0.3) is 0 Å². The van der Waals surface area contributed by atoms with Crippen LogP contribution in [0.2, 0.25) is 0 Å². The Balaban J connectivity index is 2.66. The molecule has 6 nitrogen and oxygen atoms in total. The van der Waals surface area contributed by atoms with Crippen LogP contribution < -0.4 is 11.5 Å². The van der Waals surface area contributed by atoms with Crippen LogP contribution in [0, 0.1) is 6.92 Å². The van der Waals surface area contributed by atoms with E-state index in [-0.39, 0.29) is 4.90 Å². The lowest BCUT2D eigenvalue weighted by molar-refractivity contribution is -0.135. The molecule has 7 heteroatoms. The van der Waals surface area contributed by atoms with Gasteiger partial charge in [-0.25, -0.2) is 4.79 Å². The molecule has 1 rings (SSSR count). The molecule has 0 saturated carbocycles. The van der Waals surface area contributed by atoms with Gasteiger partial charge >= 0.3 is 16.1 Å². The van der Waals surface area contributed by atoms with E-state index in [4.69, 9.17) is 11.5 Å². The van der Waals surface area contributed by atoms with Crippen molar-refractivity contribution in [2.75, 3.05) is 6.54 Å². The van der Waals surface area contributed by atoms with E-state index in [1.54, 1.807) is 12.1 Å². The fraction of sp³-hybridized carbons (Fsp3) is 0.462. The van der Waals surface area contributed by atoms with E-state index >= 15 is 0 Å². The van der Waals surface area contributed by atoms with Crippen LogP contribution in [-0.4, -0.2) is 27.0 Å². The topological polar surface area (TPSA) is 112 Å². The third-order valence-corrected chi connectivity index (χ3v) is 4.01. The predicted octanol–water partition coefficient (Wildman–Crippen LogP) is 0.683. The number of carbonyl (C=O) groups is 1. The van der Waals surface area contributed by atoms with Gasteiger partial charge in [0.1, 0.15) is 10.9 Å². The van der Waals surface area contributed by atoms with Crippen LogP contribution >= 0.6 is 0 Å². The molecule has 0 bridgehead atoms. The number of benzene rings is 1. The molecule has 0 fully saturated rings. The quantitative estimate of drug-likeness (QED) is 0.565. The van der Waals surface area contributed by atoms with Crippen molar-refractivity contribution in [1.82, 2.24) is 0 Å². The van der Waals surface area contributed by atoms with Crippen molar-refractivity contribution in [1.29, 1.82) is 0 Å². The van der Waals surface area contributed by atoms with Gasteiger partial charge < -0.3 is 15.7 Å². The molecule has 0 aliphatic carbocycles. The molecular weight excluding hydrogens is 280 g/mol. The summed E-state index contributed by atoms with van der Waals surface area (Å²) in [4.78, 5) is 11.6. The number of unbranched alkanes of at least 4 members (excludes halogenated alkanes) is 1. The standard InChI is InChI=1S/C13H20N2O4S/c1-10-5-7-11(8-6-10)20(17,18)19-13(16)12(15)4-2-3-9-14/h5-8,12H,2-4,9,14-15H2,1H3/t12-/m0/s1. The lowest BCUT2D eigenvalue weighted by Crippen LogP contribution is -2.33. The minimum absolute atomic E-state index is 0.0643. The zero-order valence-corrected chi connectivity index (χ0v) is 12.2. The normalized spacial score (nSPS) is 12.9. The monoisotopic (exact) mass is 300 g/mol. The summed E-state index contributed by atoms with van der Waals surface area (Å²) >= 11 is 0. The first-order valence-corrected chi connectivity index (χ1v) is 7.78. The van der Waals surface area contributed by atoms with Crippen molar-refractivity contribution in [3.8, 4) is 0 Å². The van der Waals surface area contributed by atoms with Gasteiger partial charge in [-0.1, -0.05) is 24.1 Å². The Bertz CT molecular complexity index is 540. The van der Waals surface area contributed by atoms with E-state index in [9.17, 15) is 13.2 Å². The number of hydrogen-bond donors (Lipinski definition) is 2. The first kappa shape index (κ1) is 16.6. The largest absolute Gasteiger partial charge is 0.341 e. The van der Waals surface area contributed by atoms with Crippen molar-refractivity contribution in [2.24, 2.45) is 11.5 Å². The highest BCUT2D eigenvalue weighted by atomic mass is 32.2. The van der Waals surface area contributed by atoms with Gasteiger partial charge in [0.25, 0.3) is 0 Å². The Labute approximate surface area is 119 Å². The van der Waals surface area contributed by atoms with Gasteiger partial charge in [0, 0.05) is 0 Å². The lowest BCUT2D eigenvalue weighted by Gasteiger charge is -2.11. The van der Waals surface area contributed by atoms with Gasteiger partial charge in [0.2, 0.25) is 0 Å². The zero-order chi connectivity index (χ0) is 15.2. The fourth-order valence-electron chi connectivity index (χ4n) is 1.55. The average Bonchev–Trinajstić information content (AvgIpc) is 2.38. The van der Waals surface area contributed by atoms with Crippen molar-refractivity contribution in [2.45, 2.75) is 37.1 Å². The minimum Gasteiger partial charge on any atom is -0.341 e. The maximum atomic E-state index is 11.9. The molecule has 0 aromatic heterocycles. The molecule has 0 amide bonds. The number of carbonyl (C=O) groups excluding carboxylic acids is 1. The highest BCUT2D eigenvalue weighted by molar-refractivity contribution is 7.87. The summed E-state index contributed by atoms with van der Waals surface area (Å²) in [5, 5.41) is 0. The second-order valence-electron chi connectivity index (χ2n) is 4.56. The predicted molar refractivity (Wildman–Crippen MR) is 75.3 cm³/mol. The van der Waals surface area contributed by atoms with Crippen LogP contribution in [0.1, 0.15) is 24.8 Å². The second-order valence-corrected chi connectivity index (χ2v) is 6.11. The zero-order valence-electron chi connectivity index (χ0n) is 11.4. The molecule has 0 unspecified atom stereocenters. The Kier molecular flexibility index (Phi) is 6.12. The average molecular weight is 300 g/mol. The lowest BCUT2D eigenvalue weighted by atomic mass is 10.1. The van der Waals surface area contributed by atoms with Gasteiger partial charge in [0.05, 0.1) is 0 Å². The number of rotatable bonds is 7. The summed E-state index contributed by atoms with van der Waals surface area (Å²) in [6.07, 6.45) is 1.72. The number of aryl methyl sites for hydroxylation is 1. The summed E-state index contributed by atoms with van der Waals surface area (Å²) in [6.45, 7) is 2.33. The Hall–Kier alpha value is -1.44. The van der Waals surface area contributed by atoms with Gasteiger partial charge in [-0.2, -0.15) is 8.42 Å². The Morgan fingerprint density at radius 3 is 2.40 bits per heavy atom. The van der Waals surface area contributed by atoms with E-state index in [1.807, 2.05) is 6.92 Å². The van der Waals surface area contributed by atoms with E-state index in [0.717, 1.165) is 12.0 Å². The Morgan fingerprint density at radius 2 is 1.85 bits per heavy atom. The number of hydrogen-bond acceptors (Lipinski definition) is 6. The van der Waals surface area contributed by atoms with Crippen LogP contribution in [0.4, 0.5) is 0 Å². The molecule has 4 N–H and O–H groups in total. The fourth-order valence-corrected chi connectivity index (χ4v) is 2.45. The summed E-state index contributed by atoms with van der Waals surface area (Å²) in [5.74, 6) is -0.942. The van der Waals surface area contributed by atoms with Crippen molar-refractivity contribution in [3.63, 3.8) is 0 Å². The summed E-state index contributed by atoms with van der Waals surface area (Å²) in [6, 6.07) is 5.07. The molecular formula is C13H20N2O4S. The molecule has 1 atom stereocenters. The van der Waals surface area contributed by atoms with Gasteiger partial charge in [-0.15, -0.1) is 0 Å². The van der Waals surface area contributed by atoms with E-state index in [1.165, 1.54) is 12.1 Å². The third-order valence-electron chi connectivity index (χ3n) is 2.77. The molecule has 0 radical (unpaired) electrons. The molecule has 0 saturated heterocycles. The maximum absolute atomic E-state index is 11.9. The summed E-state index contributed by atoms with van der Waals surface area (Å²) in [5.41, 5.74) is 11.8. The SMILES string of the molecule is Cc1ccc(S(=O)(=O)OC(=O)[C@@H](N)CCCCN)cc1. The molecule has 1 aromatic carbocycles. The van der Waals surface area contributed by atoms with Gasteiger partial charge in [-0.05, 0) is 38.4 Å². The van der Waals surface area contributed by atoms with Crippen LogP contribution in [0.15, 0.2) is 29.2 Å². The molecule has 20 heavy (non-hydrogen) atoms. The molecule has 0 aliphatic rings. The molecule has 0 spiro atoms. The third kappa shape index (κ3) is 4.92. The Morgan fingerprint density at radius 1 is 1.25 bits per heavy atom. The van der Waals surface area contributed by atoms with Crippen molar-refractivity contribution in [3.05, 3.63) is 29.8 Å². The first-order chi connectivity index (χ1) is 9.36. The van der Waals surface area contributed by atoms with Crippen LogP contribution in [0.3, 0.4) is 0 Å². The van der Waals surface area contributed by atoms with Gasteiger partial charge in [-0.3, -0.25) is 0 Å². The van der Waals surface area contributed by atoms with E-state index in [2.05, 4.69) is 4.18 Å². The van der Waals surface area contributed by atoms with Crippen LogP contribution in [0.5, 0.6) is 0 Å². The van der Waals surface area contributed by atoms with E-state index < -0.39 is 22.1 Å².